The van der Waals surface area contributed by atoms with Gasteiger partial charge in [-0.2, -0.15) is 0 Å². The highest BCUT2D eigenvalue weighted by molar-refractivity contribution is 4.52. The Hall–Kier alpha value is -0.0800. The Kier molecular flexibility index (Phi) is 24.8. The molecule has 26 heavy (non-hydrogen) atoms. The zero-order valence-corrected chi connectivity index (χ0v) is 18.3. The zero-order valence-electron chi connectivity index (χ0n) is 18.3. The summed E-state index contributed by atoms with van der Waals surface area (Å²) in [5.74, 6) is 0. The second kappa shape index (κ2) is 24.9. The molecule has 3 N–H and O–H groups in total. The Morgan fingerprint density at radius 1 is 0.423 bits per heavy atom. The minimum atomic E-state index is 0.763. The molecule has 0 spiro atoms. The van der Waals surface area contributed by atoms with Gasteiger partial charge in [0.05, 0.1) is 0 Å². The van der Waals surface area contributed by atoms with Gasteiger partial charge in [0.2, 0.25) is 0 Å². The Morgan fingerprint density at radius 3 is 1.04 bits per heavy atom. The fraction of sp³-hybridized carbons (Fsp3) is 1.00. The van der Waals surface area contributed by atoms with Crippen LogP contribution < -0.4 is 11.1 Å². The van der Waals surface area contributed by atoms with Gasteiger partial charge >= 0.3 is 0 Å². The molecule has 0 aromatic carbocycles. The fourth-order valence-corrected chi connectivity index (χ4v) is 3.73. The van der Waals surface area contributed by atoms with E-state index in [1.165, 1.54) is 128 Å². The highest BCUT2D eigenvalue weighted by Gasteiger charge is 1.95. The molecule has 0 amide bonds. The van der Waals surface area contributed by atoms with Crippen molar-refractivity contribution in [3.8, 4) is 0 Å². The molecule has 0 atom stereocenters. The highest BCUT2D eigenvalue weighted by atomic mass is 14.9. The quantitative estimate of drug-likeness (QED) is 0.185. The minimum absolute atomic E-state index is 0.763. The van der Waals surface area contributed by atoms with Gasteiger partial charge in [0.1, 0.15) is 0 Å². The van der Waals surface area contributed by atoms with E-state index in [1.54, 1.807) is 0 Å². The van der Waals surface area contributed by atoms with E-state index in [2.05, 4.69) is 12.2 Å². The van der Waals surface area contributed by atoms with Crippen molar-refractivity contribution >= 4 is 0 Å². The Balaban J connectivity index is 2.95. The summed E-state index contributed by atoms with van der Waals surface area (Å²) in [5.41, 5.74) is 5.45. The first kappa shape index (κ1) is 25.9. The van der Waals surface area contributed by atoms with Crippen LogP contribution in [-0.2, 0) is 0 Å². The van der Waals surface area contributed by atoms with Crippen molar-refractivity contribution in [3.05, 3.63) is 0 Å². The molecule has 0 heterocycles. The first-order chi connectivity index (χ1) is 12.9. The maximum Gasteiger partial charge on any atom is 0.00745 e. The predicted octanol–water partition coefficient (Wildman–Crippen LogP) is 7.36. The zero-order chi connectivity index (χ0) is 19.0. The SMILES string of the molecule is CCCCCCCCCCCCCCCCCCCCCCNCCN. The van der Waals surface area contributed by atoms with Gasteiger partial charge in [-0.25, -0.2) is 0 Å². The third kappa shape index (κ3) is 23.9. The van der Waals surface area contributed by atoms with Gasteiger partial charge in [0.25, 0.3) is 0 Å². The van der Waals surface area contributed by atoms with E-state index in [9.17, 15) is 0 Å². The van der Waals surface area contributed by atoms with Gasteiger partial charge in [-0.1, -0.05) is 129 Å². The monoisotopic (exact) mass is 368 g/mol. The molecule has 0 aromatic heterocycles. The molecule has 2 heteroatoms. The van der Waals surface area contributed by atoms with Crippen molar-refractivity contribution < 1.29 is 0 Å². The molecule has 0 aliphatic heterocycles. The van der Waals surface area contributed by atoms with Crippen LogP contribution in [0.3, 0.4) is 0 Å². The summed E-state index contributed by atoms with van der Waals surface area (Å²) in [5, 5.41) is 3.37. The van der Waals surface area contributed by atoms with Crippen molar-refractivity contribution in [1.29, 1.82) is 0 Å². The molecule has 0 aliphatic rings. The second-order valence-electron chi connectivity index (χ2n) is 8.26. The lowest BCUT2D eigenvalue weighted by Crippen LogP contribution is -2.23. The summed E-state index contributed by atoms with van der Waals surface area (Å²) in [7, 11) is 0. The number of nitrogens with one attached hydrogen (secondary N) is 1. The van der Waals surface area contributed by atoms with Crippen molar-refractivity contribution in [1.82, 2.24) is 5.32 Å². The maximum atomic E-state index is 5.45. The van der Waals surface area contributed by atoms with Gasteiger partial charge in [-0.15, -0.1) is 0 Å². The molecule has 0 fully saturated rings. The normalized spacial score (nSPS) is 11.3. The molecular weight excluding hydrogens is 316 g/mol. The van der Waals surface area contributed by atoms with Crippen LogP contribution in [0.4, 0.5) is 0 Å². The topological polar surface area (TPSA) is 38.0 Å². The standard InChI is InChI=1S/C24H52N2/c1-2-3-4-5-6-7-8-9-10-11-12-13-14-15-16-17-18-19-20-21-23-26-24-22-25/h26H,2-25H2,1H3. The maximum absolute atomic E-state index is 5.45. The van der Waals surface area contributed by atoms with Gasteiger partial charge in [-0.3, -0.25) is 0 Å². The van der Waals surface area contributed by atoms with E-state index < -0.39 is 0 Å². The van der Waals surface area contributed by atoms with Crippen molar-refractivity contribution in [2.75, 3.05) is 19.6 Å². The molecule has 0 saturated heterocycles. The Morgan fingerprint density at radius 2 is 0.731 bits per heavy atom. The van der Waals surface area contributed by atoms with Crippen LogP contribution in [0.25, 0.3) is 0 Å². The highest BCUT2D eigenvalue weighted by Crippen LogP contribution is 2.14. The van der Waals surface area contributed by atoms with Crippen LogP contribution >= 0.6 is 0 Å². The average Bonchev–Trinajstić information content (AvgIpc) is 2.66. The number of hydrogen-bond donors (Lipinski definition) is 2. The molecule has 0 aliphatic carbocycles. The van der Waals surface area contributed by atoms with Crippen LogP contribution in [0.15, 0.2) is 0 Å². The molecule has 158 valence electrons. The summed E-state index contributed by atoms with van der Waals surface area (Å²) >= 11 is 0. The van der Waals surface area contributed by atoms with Crippen molar-refractivity contribution in [2.45, 2.75) is 135 Å². The summed E-state index contributed by atoms with van der Waals surface area (Å²) in [4.78, 5) is 0. The van der Waals surface area contributed by atoms with E-state index in [0.717, 1.165) is 19.6 Å². The van der Waals surface area contributed by atoms with E-state index >= 15 is 0 Å². The molecule has 0 unspecified atom stereocenters. The Bertz CT molecular complexity index is 206. The number of nitrogens with two attached hydrogens (primary N) is 1. The molecule has 0 rings (SSSR count). The first-order valence-corrected chi connectivity index (χ1v) is 12.3. The second-order valence-corrected chi connectivity index (χ2v) is 8.26. The first-order valence-electron chi connectivity index (χ1n) is 12.3. The predicted molar refractivity (Wildman–Crippen MR) is 120 cm³/mol. The van der Waals surface area contributed by atoms with Crippen molar-refractivity contribution in [3.63, 3.8) is 0 Å². The fourth-order valence-electron chi connectivity index (χ4n) is 3.73. The molecular formula is C24H52N2. The van der Waals surface area contributed by atoms with Gasteiger partial charge in [0, 0.05) is 13.1 Å². The summed E-state index contributed by atoms with van der Waals surface area (Å²) in [6, 6.07) is 0. The van der Waals surface area contributed by atoms with Crippen LogP contribution in [0.5, 0.6) is 0 Å². The van der Waals surface area contributed by atoms with Gasteiger partial charge in [0.15, 0.2) is 0 Å². The molecule has 0 aromatic rings. The van der Waals surface area contributed by atoms with Crippen LogP contribution in [0.2, 0.25) is 0 Å². The lowest BCUT2D eigenvalue weighted by Gasteiger charge is -2.04. The smallest absolute Gasteiger partial charge is 0.00745 e. The number of hydrogen-bond acceptors (Lipinski definition) is 2. The third-order valence-corrected chi connectivity index (χ3v) is 5.53. The van der Waals surface area contributed by atoms with Gasteiger partial charge < -0.3 is 11.1 Å². The lowest BCUT2D eigenvalue weighted by molar-refractivity contribution is 0.519. The van der Waals surface area contributed by atoms with Gasteiger partial charge in [-0.05, 0) is 13.0 Å². The van der Waals surface area contributed by atoms with E-state index in [4.69, 9.17) is 5.73 Å². The van der Waals surface area contributed by atoms with E-state index in [-0.39, 0.29) is 0 Å². The van der Waals surface area contributed by atoms with Crippen LogP contribution in [-0.4, -0.2) is 19.6 Å². The van der Waals surface area contributed by atoms with E-state index in [1.807, 2.05) is 0 Å². The van der Waals surface area contributed by atoms with Crippen LogP contribution in [0, 0.1) is 0 Å². The minimum Gasteiger partial charge on any atom is -0.329 e. The summed E-state index contributed by atoms with van der Waals surface area (Å²) in [6.45, 7) is 5.18. The number of rotatable bonds is 23. The van der Waals surface area contributed by atoms with E-state index in [0.29, 0.717) is 0 Å². The summed E-state index contributed by atoms with van der Waals surface area (Å²) < 4.78 is 0. The number of unbranched alkanes of at least 4 members (excludes halogenated alkanes) is 19. The summed E-state index contributed by atoms with van der Waals surface area (Å²) in [6.07, 6.45) is 29.0. The average molecular weight is 369 g/mol. The van der Waals surface area contributed by atoms with Crippen LogP contribution in [0.1, 0.15) is 135 Å². The largest absolute Gasteiger partial charge is 0.329 e. The Labute approximate surface area is 166 Å². The molecule has 0 saturated carbocycles. The van der Waals surface area contributed by atoms with Crippen molar-refractivity contribution in [2.24, 2.45) is 5.73 Å². The molecule has 2 nitrogen and oxygen atoms in total. The molecule has 0 bridgehead atoms. The molecule has 0 radical (unpaired) electrons. The third-order valence-electron chi connectivity index (χ3n) is 5.53. The lowest BCUT2D eigenvalue weighted by atomic mass is 10.0.